The molecule has 27 heavy (non-hydrogen) atoms. The topological polar surface area (TPSA) is 43.1 Å². The highest BCUT2D eigenvalue weighted by molar-refractivity contribution is 6.33. The van der Waals surface area contributed by atoms with Crippen molar-refractivity contribution in [2.45, 2.75) is 6.92 Å². The van der Waals surface area contributed by atoms with Gasteiger partial charge in [0.25, 0.3) is 0 Å². The molecule has 0 saturated heterocycles. The number of pyridine rings is 1. The van der Waals surface area contributed by atoms with Gasteiger partial charge in [-0.1, -0.05) is 60.1 Å². The van der Waals surface area contributed by atoms with E-state index in [-0.39, 0.29) is 0 Å². The van der Waals surface area contributed by atoms with E-state index >= 15 is 0 Å². The maximum absolute atomic E-state index is 6.36. The predicted molar refractivity (Wildman–Crippen MR) is 109 cm³/mol. The number of imidazole rings is 1. The van der Waals surface area contributed by atoms with Crippen molar-refractivity contribution < 1.29 is 0 Å². The number of benzene rings is 2. The molecule has 3 aromatic heterocycles. The van der Waals surface area contributed by atoms with Crippen LogP contribution in [0.3, 0.4) is 0 Å². The second-order valence-electron chi connectivity index (χ2n) is 6.41. The standard InChI is InChI=1S/C22H15ClN4/c1-14-25-20(21-22(23)24-11-12-27(14)21)17-8-7-16-9-10-18(26-19(16)13-17)15-5-3-2-4-6-15/h2-13H,1H3. The van der Waals surface area contributed by atoms with Crippen LogP contribution in [0.15, 0.2) is 73.1 Å². The minimum atomic E-state index is 0.444. The summed E-state index contributed by atoms with van der Waals surface area (Å²) in [5.41, 5.74) is 5.58. The molecule has 0 fully saturated rings. The van der Waals surface area contributed by atoms with Crippen molar-refractivity contribution in [3.8, 4) is 22.5 Å². The van der Waals surface area contributed by atoms with Gasteiger partial charge in [-0.05, 0) is 19.1 Å². The van der Waals surface area contributed by atoms with Crippen molar-refractivity contribution in [3.05, 3.63) is 84.0 Å². The zero-order valence-electron chi connectivity index (χ0n) is 14.6. The van der Waals surface area contributed by atoms with Crippen molar-refractivity contribution in [1.82, 2.24) is 19.4 Å². The fraction of sp³-hybridized carbons (Fsp3) is 0.0455. The quantitative estimate of drug-likeness (QED) is 0.407. The number of hydrogen-bond donors (Lipinski definition) is 0. The molecule has 0 saturated carbocycles. The van der Waals surface area contributed by atoms with E-state index in [4.69, 9.17) is 21.6 Å². The lowest BCUT2D eigenvalue weighted by atomic mass is 10.1. The van der Waals surface area contributed by atoms with Crippen molar-refractivity contribution in [2.24, 2.45) is 0 Å². The highest BCUT2D eigenvalue weighted by Crippen LogP contribution is 2.31. The third-order valence-corrected chi connectivity index (χ3v) is 5.00. The van der Waals surface area contributed by atoms with Gasteiger partial charge in [0.05, 0.1) is 16.9 Å². The summed E-state index contributed by atoms with van der Waals surface area (Å²) >= 11 is 6.36. The van der Waals surface area contributed by atoms with E-state index in [1.807, 2.05) is 41.8 Å². The first-order valence-corrected chi connectivity index (χ1v) is 9.04. The normalized spacial score (nSPS) is 11.3. The monoisotopic (exact) mass is 370 g/mol. The average molecular weight is 371 g/mol. The molecule has 5 heteroatoms. The third kappa shape index (κ3) is 2.66. The fourth-order valence-electron chi connectivity index (χ4n) is 3.39. The zero-order valence-corrected chi connectivity index (χ0v) is 15.4. The Balaban J connectivity index is 1.71. The summed E-state index contributed by atoms with van der Waals surface area (Å²) in [5, 5.41) is 1.53. The molecule has 3 heterocycles. The van der Waals surface area contributed by atoms with Crippen molar-refractivity contribution in [1.29, 1.82) is 0 Å². The predicted octanol–water partition coefficient (Wildman–Crippen LogP) is 5.57. The number of aryl methyl sites for hydroxylation is 1. The van der Waals surface area contributed by atoms with Gasteiger partial charge >= 0.3 is 0 Å². The summed E-state index contributed by atoms with van der Waals surface area (Å²) in [7, 11) is 0. The van der Waals surface area contributed by atoms with Gasteiger partial charge in [-0.3, -0.25) is 4.40 Å². The van der Waals surface area contributed by atoms with Crippen LogP contribution in [0.4, 0.5) is 0 Å². The van der Waals surface area contributed by atoms with Crippen LogP contribution < -0.4 is 0 Å². The second kappa shape index (κ2) is 6.18. The Bertz CT molecular complexity index is 1290. The Hall–Kier alpha value is -3.24. The molecular formula is C22H15ClN4. The number of fused-ring (bicyclic) bond motifs is 2. The van der Waals surface area contributed by atoms with Crippen LogP contribution in [-0.4, -0.2) is 19.4 Å². The molecule has 2 aromatic carbocycles. The van der Waals surface area contributed by atoms with Crippen LogP contribution in [0.2, 0.25) is 5.15 Å². The van der Waals surface area contributed by atoms with E-state index in [1.165, 1.54) is 0 Å². The van der Waals surface area contributed by atoms with Crippen LogP contribution in [0.1, 0.15) is 5.82 Å². The molecule has 0 atom stereocenters. The third-order valence-electron chi connectivity index (χ3n) is 4.72. The fourth-order valence-corrected chi connectivity index (χ4v) is 3.62. The Morgan fingerprint density at radius 1 is 0.889 bits per heavy atom. The smallest absolute Gasteiger partial charge is 0.155 e. The van der Waals surface area contributed by atoms with Gasteiger partial charge in [0, 0.05) is 28.9 Å². The molecule has 0 radical (unpaired) electrons. The van der Waals surface area contributed by atoms with Gasteiger partial charge in [0.15, 0.2) is 5.15 Å². The Kier molecular flexibility index (Phi) is 3.66. The molecule has 130 valence electrons. The average Bonchev–Trinajstić information content (AvgIpc) is 3.06. The summed E-state index contributed by atoms with van der Waals surface area (Å²) in [4.78, 5) is 13.8. The van der Waals surface area contributed by atoms with Crippen LogP contribution >= 0.6 is 11.6 Å². The Morgan fingerprint density at radius 2 is 1.70 bits per heavy atom. The molecular weight excluding hydrogens is 356 g/mol. The number of aromatic nitrogens is 4. The Morgan fingerprint density at radius 3 is 2.56 bits per heavy atom. The minimum Gasteiger partial charge on any atom is -0.299 e. The molecule has 5 rings (SSSR count). The molecule has 0 unspecified atom stereocenters. The van der Waals surface area contributed by atoms with Gasteiger partial charge < -0.3 is 0 Å². The summed E-state index contributed by atoms with van der Waals surface area (Å²) in [6.07, 6.45) is 3.56. The van der Waals surface area contributed by atoms with E-state index in [0.29, 0.717) is 5.15 Å². The molecule has 0 spiro atoms. The number of hydrogen-bond acceptors (Lipinski definition) is 3. The second-order valence-corrected chi connectivity index (χ2v) is 6.77. The summed E-state index contributed by atoms with van der Waals surface area (Å²) in [6, 6.07) is 20.5. The van der Waals surface area contributed by atoms with Crippen molar-refractivity contribution in [3.63, 3.8) is 0 Å². The van der Waals surface area contributed by atoms with E-state index < -0.39 is 0 Å². The molecule has 0 aliphatic rings. The lowest BCUT2D eigenvalue weighted by Crippen LogP contribution is -1.89. The maximum Gasteiger partial charge on any atom is 0.155 e. The molecule has 5 aromatic rings. The van der Waals surface area contributed by atoms with Gasteiger partial charge in [-0.2, -0.15) is 0 Å². The minimum absolute atomic E-state index is 0.444. The van der Waals surface area contributed by atoms with Crippen LogP contribution in [-0.2, 0) is 0 Å². The lowest BCUT2D eigenvalue weighted by Gasteiger charge is -2.06. The SMILES string of the molecule is Cc1nc(-c2ccc3ccc(-c4ccccc4)nc3c2)c2c(Cl)nccn12. The highest BCUT2D eigenvalue weighted by atomic mass is 35.5. The van der Waals surface area contributed by atoms with Crippen molar-refractivity contribution in [2.75, 3.05) is 0 Å². The number of halogens is 1. The van der Waals surface area contributed by atoms with Crippen molar-refractivity contribution >= 4 is 28.0 Å². The number of rotatable bonds is 2. The molecule has 0 N–H and O–H groups in total. The molecule has 0 aliphatic heterocycles. The van der Waals surface area contributed by atoms with E-state index in [0.717, 1.165) is 44.8 Å². The maximum atomic E-state index is 6.36. The highest BCUT2D eigenvalue weighted by Gasteiger charge is 2.14. The van der Waals surface area contributed by atoms with Crippen LogP contribution in [0.25, 0.3) is 38.9 Å². The zero-order chi connectivity index (χ0) is 18.4. The molecule has 0 amide bonds. The first-order valence-electron chi connectivity index (χ1n) is 8.66. The first-order chi connectivity index (χ1) is 13.2. The van der Waals surface area contributed by atoms with E-state index in [9.17, 15) is 0 Å². The van der Waals surface area contributed by atoms with Gasteiger partial charge in [-0.15, -0.1) is 0 Å². The lowest BCUT2D eigenvalue weighted by molar-refractivity contribution is 1.03. The molecule has 4 nitrogen and oxygen atoms in total. The van der Waals surface area contributed by atoms with E-state index in [2.05, 4.69) is 41.4 Å². The number of nitrogens with zero attached hydrogens (tertiary/aromatic N) is 4. The van der Waals surface area contributed by atoms with Crippen LogP contribution in [0.5, 0.6) is 0 Å². The molecule has 0 aliphatic carbocycles. The van der Waals surface area contributed by atoms with Gasteiger partial charge in [0.1, 0.15) is 11.3 Å². The first kappa shape index (κ1) is 16.0. The summed E-state index contributed by atoms with van der Waals surface area (Å²) in [6.45, 7) is 1.96. The summed E-state index contributed by atoms with van der Waals surface area (Å²) < 4.78 is 1.96. The Labute approximate surface area is 161 Å². The largest absolute Gasteiger partial charge is 0.299 e. The summed E-state index contributed by atoms with van der Waals surface area (Å²) in [5.74, 6) is 0.871. The van der Waals surface area contributed by atoms with E-state index in [1.54, 1.807) is 6.20 Å². The van der Waals surface area contributed by atoms with Gasteiger partial charge in [0.2, 0.25) is 0 Å². The van der Waals surface area contributed by atoms with Crippen LogP contribution in [0, 0.1) is 6.92 Å². The molecule has 0 bridgehead atoms. The van der Waals surface area contributed by atoms with Gasteiger partial charge in [-0.25, -0.2) is 15.0 Å².